The normalized spacial score (nSPS) is 10.4. The van der Waals surface area contributed by atoms with Gasteiger partial charge < -0.3 is 4.84 Å². The van der Waals surface area contributed by atoms with Crippen molar-refractivity contribution in [3.05, 3.63) is 54.6 Å². The smallest absolute Gasteiger partial charge is 0.341 e. The second kappa shape index (κ2) is 7.31. The van der Waals surface area contributed by atoms with Gasteiger partial charge in [0.25, 0.3) is 0 Å². The van der Waals surface area contributed by atoms with Gasteiger partial charge in [0.1, 0.15) is 12.2 Å². The van der Waals surface area contributed by atoms with Crippen molar-refractivity contribution < 1.29 is 9.63 Å². The third-order valence-corrected chi connectivity index (χ3v) is 2.74. The molecule has 0 heterocycles. The van der Waals surface area contributed by atoms with Crippen molar-refractivity contribution in [2.45, 2.75) is 0 Å². The van der Waals surface area contributed by atoms with Gasteiger partial charge in [-0.3, -0.25) is 0 Å². The van der Waals surface area contributed by atoms with Crippen molar-refractivity contribution in [2.75, 3.05) is 5.88 Å². The largest absolute Gasteiger partial charge is 0.346 e. The Bertz CT molecular complexity index is 583. The Labute approximate surface area is 122 Å². The summed E-state index contributed by atoms with van der Waals surface area (Å²) in [6.07, 6.45) is 1.29. The quantitative estimate of drug-likeness (QED) is 0.397. The van der Waals surface area contributed by atoms with Gasteiger partial charge in [-0.2, -0.15) is 0 Å². The van der Waals surface area contributed by atoms with Crippen LogP contribution in [0.25, 0.3) is 11.1 Å². The third-order valence-electron chi connectivity index (χ3n) is 2.52. The molecule has 0 aliphatic rings. The summed E-state index contributed by atoms with van der Waals surface area (Å²) in [5.41, 5.74) is 5.32. The van der Waals surface area contributed by atoms with E-state index in [0.29, 0.717) is 0 Å². The van der Waals surface area contributed by atoms with Crippen molar-refractivity contribution in [3.8, 4) is 11.1 Å². The Morgan fingerprint density at radius 2 is 1.75 bits per heavy atom. The van der Waals surface area contributed by atoms with Crippen molar-refractivity contribution in [1.82, 2.24) is 5.48 Å². The molecular formula is C15H13ClN2O2. The second-order valence-electron chi connectivity index (χ2n) is 3.90. The molecule has 0 atom stereocenters. The molecule has 2 aromatic rings. The fraction of sp³-hybridized carbons (Fsp3) is 0.0667. The van der Waals surface area contributed by atoms with Crippen LogP contribution in [-0.2, 0) is 9.63 Å². The van der Waals surface area contributed by atoms with Crippen LogP contribution in [0.4, 0.5) is 5.69 Å². The van der Waals surface area contributed by atoms with Gasteiger partial charge in [-0.1, -0.05) is 42.5 Å². The SMILES string of the molecule is O=C(CCl)ONC=Nc1ccc(-c2ccccc2)cc1. The number of nitrogens with one attached hydrogen (secondary N) is 1. The first kappa shape index (κ1) is 14.1. The van der Waals surface area contributed by atoms with Crippen LogP contribution in [0.15, 0.2) is 59.6 Å². The van der Waals surface area contributed by atoms with E-state index in [-0.39, 0.29) is 5.88 Å². The van der Waals surface area contributed by atoms with Gasteiger partial charge in [-0.15, -0.1) is 11.6 Å². The van der Waals surface area contributed by atoms with E-state index in [1.165, 1.54) is 6.34 Å². The molecule has 0 amide bonds. The summed E-state index contributed by atoms with van der Waals surface area (Å²) in [6.45, 7) is 0. The molecule has 2 rings (SSSR count). The first-order valence-electron chi connectivity index (χ1n) is 5.99. The van der Waals surface area contributed by atoms with Crippen LogP contribution in [0.1, 0.15) is 0 Å². The van der Waals surface area contributed by atoms with Crippen molar-refractivity contribution in [2.24, 2.45) is 4.99 Å². The number of hydrogen-bond acceptors (Lipinski definition) is 3. The Kier molecular flexibility index (Phi) is 5.15. The van der Waals surface area contributed by atoms with E-state index in [0.717, 1.165) is 16.8 Å². The molecule has 20 heavy (non-hydrogen) atoms. The van der Waals surface area contributed by atoms with E-state index in [2.05, 4.69) is 15.3 Å². The Hall–Kier alpha value is -2.33. The maximum Gasteiger partial charge on any atom is 0.346 e. The average molecular weight is 289 g/mol. The fourth-order valence-corrected chi connectivity index (χ4v) is 1.65. The van der Waals surface area contributed by atoms with Crippen LogP contribution in [-0.4, -0.2) is 18.2 Å². The lowest BCUT2D eigenvalue weighted by Crippen LogP contribution is -2.18. The maximum atomic E-state index is 10.7. The van der Waals surface area contributed by atoms with Crippen LogP contribution < -0.4 is 5.48 Å². The minimum Gasteiger partial charge on any atom is -0.341 e. The molecule has 102 valence electrons. The highest BCUT2D eigenvalue weighted by Crippen LogP contribution is 2.21. The van der Waals surface area contributed by atoms with Crippen molar-refractivity contribution in [3.63, 3.8) is 0 Å². The highest BCUT2D eigenvalue weighted by atomic mass is 35.5. The molecule has 0 unspecified atom stereocenters. The summed E-state index contributed by atoms with van der Waals surface area (Å²) >= 11 is 5.26. The van der Waals surface area contributed by atoms with E-state index in [1.807, 2.05) is 54.6 Å². The molecule has 0 fully saturated rings. The summed E-state index contributed by atoms with van der Waals surface area (Å²) in [5, 5.41) is 0. The lowest BCUT2D eigenvalue weighted by molar-refractivity contribution is -0.144. The minimum absolute atomic E-state index is 0.202. The molecule has 2 aromatic carbocycles. The fourth-order valence-electron chi connectivity index (χ4n) is 1.59. The minimum atomic E-state index is -0.558. The molecule has 0 spiro atoms. The van der Waals surface area contributed by atoms with E-state index >= 15 is 0 Å². The number of carbonyl (C=O) groups excluding carboxylic acids is 1. The van der Waals surface area contributed by atoms with E-state index in [1.54, 1.807) is 0 Å². The standard InChI is InChI=1S/C15H13ClN2O2/c16-10-15(19)20-18-11-17-14-8-6-13(7-9-14)12-4-2-1-3-5-12/h1-9,11H,10H2,(H,17,18). The molecule has 4 nitrogen and oxygen atoms in total. The molecule has 1 N–H and O–H groups in total. The summed E-state index contributed by atoms with van der Waals surface area (Å²) < 4.78 is 0. The lowest BCUT2D eigenvalue weighted by Gasteiger charge is -2.02. The van der Waals surface area contributed by atoms with E-state index < -0.39 is 5.97 Å². The van der Waals surface area contributed by atoms with Gasteiger partial charge >= 0.3 is 5.97 Å². The topological polar surface area (TPSA) is 50.7 Å². The lowest BCUT2D eigenvalue weighted by atomic mass is 10.1. The van der Waals surface area contributed by atoms with Gasteiger partial charge in [-0.05, 0) is 23.3 Å². The number of benzene rings is 2. The number of nitrogens with zero attached hydrogens (tertiary/aromatic N) is 1. The molecule has 0 saturated carbocycles. The number of alkyl halides is 1. The molecule has 0 aliphatic carbocycles. The highest BCUT2D eigenvalue weighted by Gasteiger charge is 1.97. The van der Waals surface area contributed by atoms with Gasteiger partial charge in [0.15, 0.2) is 0 Å². The number of hydrogen-bond donors (Lipinski definition) is 1. The van der Waals surface area contributed by atoms with Crippen LogP contribution in [0, 0.1) is 0 Å². The number of halogens is 1. The molecule has 0 radical (unpaired) electrons. The Balaban J connectivity index is 1.95. The molecule has 0 bridgehead atoms. The van der Waals surface area contributed by atoms with Crippen LogP contribution in [0.2, 0.25) is 0 Å². The monoisotopic (exact) mass is 288 g/mol. The number of aliphatic imine (C=N–C) groups is 1. The van der Waals surface area contributed by atoms with Crippen LogP contribution >= 0.6 is 11.6 Å². The first-order chi connectivity index (χ1) is 9.79. The summed E-state index contributed by atoms with van der Waals surface area (Å²) in [4.78, 5) is 19.4. The first-order valence-corrected chi connectivity index (χ1v) is 6.52. The molecule has 5 heteroatoms. The zero-order chi connectivity index (χ0) is 14.2. The van der Waals surface area contributed by atoms with E-state index in [9.17, 15) is 4.79 Å². The zero-order valence-electron chi connectivity index (χ0n) is 10.6. The summed E-state index contributed by atoms with van der Waals surface area (Å²) in [7, 11) is 0. The summed E-state index contributed by atoms with van der Waals surface area (Å²) in [6, 6.07) is 17.8. The number of rotatable bonds is 5. The van der Waals surface area contributed by atoms with Crippen LogP contribution in [0.5, 0.6) is 0 Å². The second-order valence-corrected chi connectivity index (χ2v) is 4.16. The van der Waals surface area contributed by atoms with Gasteiger partial charge in [0.2, 0.25) is 0 Å². The average Bonchev–Trinajstić information content (AvgIpc) is 2.52. The third kappa shape index (κ3) is 4.10. The van der Waals surface area contributed by atoms with Gasteiger partial charge in [-0.25, -0.2) is 15.3 Å². The maximum absolute atomic E-state index is 10.7. The highest BCUT2D eigenvalue weighted by molar-refractivity contribution is 6.26. The molecule has 0 saturated heterocycles. The zero-order valence-corrected chi connectivity index (χ0v) is 11.4. The van der Waals surface area contributed by atoms with Crippen LogP contribution in [0.3, 0.4) is 0 Å². The van der Waals surface area contributed by atoms with Crippen molar-refractivity contribution in [1.29, 1.82) is 0 Å². The number of hydroxylamine groups is 1. The molecule has 0 aromatic heterocycles. The predicted octanol–water partition coefficient (Wildman–Crippen LogP) is 3.30. The van der Waals surface area contributed by atoms with Gasteiger partial charge in [0.05, 0.1) is 5.69 Å². The summed E-state index contributed by atoms with van der Waals surface area (Å²) in [5.74, 6) is -0.760. The molecule has 0 aliphatic heterocycles. The van der Waals surface area contributed by atoms with E-state index in [4.69, 9.17) is 11.6 Å². The Morgan fingerprint density at radius 3 is 2.40 bits per heavy atom. The Morgan fingerprint density at radius 1 is 1.10 bits per heavy atom. The molecular weight excluding hydrogens is 276 g/mol. The van der Waals surface area contributed by atoms with Gasteiger partial charge in [0, 0.05) is 0 Å². The van der Waals surface area contributed by atoms with Crippen molar-refractivity contribution >= 4 is 29.6 Å². The number of carbonyl (C=O) groups is 1. The predicted molar refractivity (Wildman–Crippen MR) is 80.0 cm³/mol.